The molecule has 2 nitrogen and oxygen atoms in total. The third-order valence-corrected chi connectivity index (χ3v) is 2.88. The van der Waals surface area contributed by atoms with E-state index in [1.807, 2.05) is 13.1 Å². The molecule has 0 saturated heterocycles. The maximum atomic E-state index is 6.08. The smallest absolute Gasteiger partial charge is 0.139 e. The van der Waals surface area contributed by atoms with Crippen LogP contribution in [-0.2, 0) is 0 Å². The maximum absolute atomic E-state index is 6.08. The van der Waals surface area contributed by atoms with E-state index in [4.69, 9.17) is 11.6 Å². The molecule has 0 aliphatic heterocycles. The Kier molecular flexibility index (Phi) is 1.85. The molecule has 0 aromatic carbocycles. The normalized spacial score (nSPS) is 10.9. The van der Waals surface area contributed by atoms with Crippen LogP contribution >= 0.6 is 27.5 Å². The van der Waals surface area contributed by atoms with Crippen LogP contribution in [-0.4, -0.2) is 9.97 Å². The van der Waals surface area contributed by atoms with Crippen LogP contribution in [0.15, 0.2) is 16.9 Å². The van der Waals surface area contributed by atoms with Gasteiger partial charge in [0.05, 0.1) is 10.4 Å². The molecule has 0 radical (unpaired) electrons. The third-order valence-electron chi connectivity index (χ3n) is 1.76. The molecule has 1 N–H and O–H groups in total. The second-order valence-electron chi connectivity index (χ2n) is 2.62. The van der Waals surface area contributed by atoms with E-state index in [1.165, 1.54) is 0 Å². The summed E-state index contributed by atoms with van der Waals surface area (Å²) in [5.74, 6) is 0. The van der Waals surface area contributed by atoms with Crippen molar-refractivity contribution in [1.82, 2.24) is 9.97 Å². The van der Waals surface area contributed by atoms with Gasteiger partial charge in [0.25, 0.3) is 0 Å². The number of pyridine rings is 1. The zero-order valence-corrected chi connectivity index (χ0v) is 8.70. The van der Waals surface area contributed by atoms with Crippen molar-refractivity contribution in [2.45, 2.75) is 6.92 Å². The molecule has 62 valence electrons. The summed E-state index contributed by atoms with van der Waals surface area (Å²) in [5, 5.41) is 1.71. The van der Waals surface area contributed by atoms with E-state index in [-0.39, 0.29) is 0 Å². The summed E-state index contributed by atoms with van der Waals surface area (Å²) in [4.78, 5) is 7.21. The molecule has 0 aliphatic carbocycles. The standard InChI is InChI=1S/C8H6BrClN2/c1-4-2-11-8-6(7(4)10)5(9)3-12-8/h2-3H,1H3,(H,11,12). The number of nitrogens with one attached hydrogen (secondary N) is 1. The van der Waals surface area contributed by atoms with Crippen LogP contribution < -0.4 is 0 Å². The molecule has 2 aromatic heterocycles. The molecule has 2 aromatic rings. The zero-order chi connectivity index (χ0) is 8.72. The monoisotopic (exact) mass is 244 g/mol. The van der Waals surface area contributed by atoms with Gasteiger partial charge in [-0.2, -0.15) is 0 Å². The molecule has 0 fully saturated rings. The number of hydrogen-bond donors (Lipinski definition) is 1. The van der Waals surface area contributed by atoms with Crippen LogP contribution in [0.2, 0.25) is 5.02 Å². The highest BCUT2D eigenvalue weighted by molar-refractivity contribution is 9.10. The predicted molar refractivity (Wildman–Crippen MR) is 53.5 cm³/mol. The Bertz CT molecular complexity index is 436. The fraction of sp³-hybridized carbons (Fsp3) is 0.125. The van der Waals surface area contributed by atoms with Gasteiger partial charge in [-0.15, -0.1) is 0 Å². The summed E-state index contributed by atoms with van der Waals surface area (Å²) >= 11 is 9.48. The van der Waals surface area contributed by atoms with Crippen molar-refractivity contribution in [2.24, 2.45) is 0 Å². The third kappa shape index (κ3) is 1.04. The molecular formula is C8H6BrClN2. The highest BCUT2D eigenvalue weighted by atomic mass is 79.9. The molecule has 0 unspecified atom stereocenters. The summed E-state index contributed by atoms with van der Waals surface area (Å²) < 4.78 is 0.957. The van der Waals surface area contributed by atoms with Crippen LogP contribution in [0.5, 0.6) is 0 Å². The van der Waals surface area contributed by atoms with E-state index >= 15 is 0 Å². The lowest BCUT2D eigenvalue weighted by molar-refractivity contribution is 1.29. The Labute approximate surface area is 83.1 Å². The predicted octanol–water partition coefficient (Wildman–Crippen LogP) is 3.29. The summed E-state index contributed by atoms with van der Waals surface area (Å²) in [6.07, 6.45) is 3.59. The van der Waals surface area contributed by atoms with Gasteiger partial charge < -0.3 is 4.98 Å². The summed E-state index contributed by atoms with van der Waals surface area (Å²) in [7, 11) is 0. The first kappa shape index (κ1) is 8.08. The average molecular weight is 246 g/mol. The minimum absolute atomic E-state index is 0.758. The molecule has 0 bridgehead atoms. The van der Waals surface area contributed by atoms with Gasteiger partial charge in [0, 0.05) is 16.9 Å². The lowest BCUT2D eigenvalue weighted by atomic mass is 10.2. The van der Waals surface area contributed by atoms with Gasteiger partial charge in [-0.05, 0) is 28.4 Å². The Morgan fingerprint density at radius 3 is 3.08 bits per heavy atom. The number of nitrogens with zero attached hydrogens (tertiary/aromatic N) is 1. The van der Waals surface area contributed by atoms with Gasteiger partial charge in [-0.25, -0.2) is 4.98 Å². The van der Waals surface area contributed by atoms with Gasteiger partial charge >= 0.3 is 0 Å². The van der Waals surface area contributed by atoms with Gasteiger partial charge in [0.2, 0.25) is 0 Å². The highest BCUT2D eigenvalue weighted by Crippen LogP contribution is 2.30. The largest absolute Gasteiger partial charge is 0.345 e. The van der Waals surface area contributed by atoms with Crippen LogP contribution in [0.3, 0.4) is 0 Å². The number of aromatic nitrogens is 2. The number of hydrogen-bond acceptors (Lipinski definition) is 1. The first-order valence-electron chi connectivity index (χ1n) is 3.48. The molecule has 12 heavy (non-hydrogen) atoms. The zero-order valence-electron chi connectivity index (χ0n) is 6.36. The van der Waals surface area contributed by atoms with Gasteiger partial charge in [0.1, 0.15) is 5.65 Å². The Morgan fingerprint density at radius 1 is 1.58 bits per heavy atom. The summed E-state index contributed by atoms with van der Waals surface area (Å²) in [5.41, 5.74) is 1.81. The first-order chi connectivity index (χ1) is 5.70. The minimum Gasteiger partial charge on any atom is -0.345 e. The number of aryl methyl sites for hydroxylation is 1. The topological polar surface area (TPSA) is 28.7 Å². The summed E-state index contributed by atoms with van der Waals surface area (Å²) in [6.45, 7) is 1.94. The maximum Gasteiger partial charge on any atom is 0.139 e. The molecule has 0 saturated carbocycles. The molecule has 4 heteroatoms. The number of aromatic amines is 1. The van der Waals surface area contributed by atoms with Gasteiger partial charge in [-0.3, -0.25) is 0 Å². The van der Waals surface area contributed by atoms with E-state index in [1.54, 1.807) is 6.20 Å². The number of fused-ring (bicyclic) bond motifs is 1. The van der Waals surface area contributed by atoms with Crippen molar-refractivity contribution in [3.63, 3.8) is 0 Å². The second kappa shape index (κ2) is 2.75. The molecule has 2 rings (SSSR count). The van der Waals surface area contributed by atoms with Crippen molar-refractivity contribution in [2.75, 3.05) is 0 Å². The number of H-pyrrole nitrogens is 1. The minimum atomic E-state index is 0.758. The quantitative estimate of drug-likeness (QED) is 0.758. The average Bonchev–Trinajstić information content (AvgIpc) is 2.41. The van der Waals surface area contributed by atoms with Gasteiger partial charge in [0.15, 0.2) is 0 Å². The van der Waals surface area contributed by atoms with E-state index in [9.17, 15) is 0 Å². The summed E-state index contributed by atoms with van der Waals surface area (Å²) in [6, 6.07) is 0. The Balaban J connectivity index is 2.96. The van der Waals surface area contributed by atoms with Crippen LogP contribution in [0.1, 0.15) is 5.56 Å². The van der Waals surface area contributed by atoms with Crippen molar-refractivity contribution < 1.29 is 0 Å². The fourth-order valence-electron chi connectivity index (χ4n) is 1.11. The highest BCUT2D eigenvalue weighted by Gasteiger charge is 2.07. The Morgan fingerprint density at radius 2 is 2.33 bits per heavy atom. The van der Waals surface area contributed by atoms with Gasteiger partial charge in [-0.1, -0.05) is 11.6 Å². The lowest BCUT2D eigenvalue weighted by Gasteiger charge is -1.97. The fourth-order valence-corrected chi connectivity index (χ4v) is 1.97. The van der Waals surface area contributed by atoms with E-state index < -0.39 is 0 Å². The Hall–Kier alpha value is -0.540. The molecule has 0 atom stereocenters. The number of halogens is 2. The molecule has 0 amide bonds. The van der Waals surface area contributed by atoms with Crippen molar-refractivity contribution >= 4 is 38.6 Å². The molecule has 0 aliphatic rings. The van der Waals surface area contributed by atoms with Crippen LogP contribution in [0.4, 0.5) is 0 Å². The van der Waals surface area contributed by atoms with Crippen molar-refractivity contribution in [3.8, 4) is 0 Å². The molecule has 0 spiro atoms. The second-order valence-corrected chi connectivity index (χ2v) is 3.85. The van der Waals surface area contributed by atoms with E-state index in [2.05, 4.69) is 25.9 Å². The first-order valence-corrected chi connectivity index (χ1v) is 4.65. The van der Waals surface area contributed by atoms with Crippen LogP contribution in [0.25, 0.3) is 11.0 Å². The van der Waals surface area contributed by atoms with Crippen molar-refractivity contribution in [3.05, 3.63) is 27.5 Å². The van der Waals surface area contributed by atoms with Crippen LogP contribution in [0, 0.1) is 6.92 Å². The van der Waals surface area contributed by atoms with E-state index in [0.29, 0.717) is 0 Å². The van der Waals surface area contributed by atoms with E-state index in [0.717, 1.165) is 26.1 Å². The molecular weight excluding hydrogens is 239 g/mol. The number of rotatable bonds is 0. The lowest BCUT2D eigenvalue weighted by Crippen LogP contribution is -1.81. The molecule has 2 heterocycles. The SMILES string of the molecule is Cc1cnc2[nH]cc(Br)c2c1Cl. The van der Waals surface area contributed by atoms with Crippen molar-refractivity contribution in [1.29, 1.82) is 0 Å².